The number of primary amides is 1. The lowest BCUT2D eigenvalue weighted by atomic mass is 9.52. The fourth-order valence-electron chi connectivity index (χ4n) is 6.56. The number of fused-ring (bicyclic) bond motifs is 3. The minimum Gasteiger partial charge on any atom is -0.508 e. The molecule has 0 bridgehead atoms. The number of likely N-dealkylation sites (N-methyl/N-ethyl adjacent to an activating group) is 1. The van der Waals surface area contributed by atoms with Crippen LogP contribution in [0.3, 0.4) is 0 Å². The Labute approximate surface area is 223 Å². The Hall–Kier alpha value is -4.15. The molecule has 2 aromatic rings. The summed E-state index contributed by atoms with van der Waals surface area (Å²) in [6.45, 7) is 0. The van der Waals surface area contributed by atoms with E-state index >= 15 is 0 Å². The first-order valence-corrected chi connectivity index (χ1v) is 12.5. The number of hydrogen-bond acceptors (Lipinski definition) is 9. The lowest BCUT2D eigenvalue weighted by molar-refractivity contribution is -0.181. The molecule has 202 valence electrons. The van der Waals surface area contributed by atoms with Gasteiger partial charge in [-0.1, -0.05) is 30.4 Å². The van der Waals surface area contributed by atoms with Crippen LogP contribution >= 0.6 is 0 Å². The van der Waals surface area contributed by atoms with Gasteiger partial charge < -0.3 is 21.1 Å². The minimum absolute atomic E-state index is 0.0132. The van der Waals surface area contributed by atoms with E-state index in [9.17, 15) is 39.3 Å². The van der Waals surface area contributed by atoms with Crippen molar-refractivity contribution in [1.29, 1.82) is 0 Å². The second-order valence-corrected chi connectivity index (χ2v) is 10.7. The van der Waals surface area contributed by atoms with E-state index in [1.807, 2.05) is 0 Å². The first-order valence-electron chi connectivity index (χ1n) is 12.5. The molecule has 0 radical (unpaired) electrons. The zero-order valence-electron chi connectivity index (χ0n) is 21.3. The number of Topliss-reactive ketones (excluding diaryl/α,β-unsaturated/α-hetero) is 4. The van der Waals surface area contributed by atoms with Gasteiger partial charge in [0, 0.05) is 5.92 Å². The molecule has 39 heavy (non-hydrogen) atoms. The van der Waals surface area contributed by atoms with E-state index in [0.29, 0.717) is 11.1 Å². The number of benzene rings is 2. The summed E-state index contributed by atoms with van der Waals surface area (Å²) < 4.78 is 0. The number of aromatic hydroxyl groups is 2. The van der Waals surface area contributed by atoms with Crippen molar-refractivity contribution in [2.45, 2.75) is 24.5 Å². The lowest BCUT2D eigenvalue weighted by Crippen LogP contribution is -2.74. The van der Waals surface area contributed by atoms with Crippen LogP contribution in [0.4, 0.5) is 0 Å². The van der Waals surface area contributed by atoms with Crippen molar-refractivity contribution >= 4 is 41.2 Å². The molecule has 3 aliphatic rings. The van der Waals surface area contributed by atoms with E-state index in [4.69, 9.17) is 5.73 Å². The van der Waals surface area contributed by atoms with Gasteiger partial charge in [0.25, 0.3) is 0 Å². The summed E-state index contributed by atoms with van der Waals surface area (Å²) >= 11 is 0. The van der Waals surface area contributed by atoms with Crippen LogP contribution < -0.4 is 5.73 Å². The van der Waals surface area contributed by atoms with E-state index in [1.165, 1.54) is 23.1 Å². The maximum atomic E-state index is 13.8. The smallest absolute Gasteiger partial charge is 0.235 e. The van der Waals surface area contributed by atoms with Crippen LogP contribution in [0.1, 0.15) is 33.5 Å². The molecule has 2 aromatic carbocycles. The van der Waals surface area contributed by atoms with Crippen molar-refractivity contribution in [3.05, 3.63) is 58.7 Å². The third-order valence-corrected chi connectivity index (χ3v) is 8.33. The number of carbonyl (C=O) groups is 5. The maximum Gasteiger partial charge on any atom is 0.235 e. The normalized spacial score (nSPS) is 30.3. The van der Waals surface area contributed by atoms with Crippen molar-refractivity contribution in [1.82, 2.24) is 4.90 Å². The monoisotopic (exact) mass is 532 g/mol. The molecule has 0 aliphatic heterocycles. The number of nitrogens with zero attached hydrogens (tertiary/aromatic N) is 1. The van der Waals surface area contributed by atoms with Gasteiger partial charge >= 0.3 is 0 Å². The molecule has 0 aromatic heterocycles. The van der Waals surface area contributed by atoms with Crippen LogP contribution in [-0.2, 0) is 25.6 Å². The van der Waals surface area contributed by atoms with Crippen LogP contribution in [0.2, 0.25) is 0 Å². The molecule has 5 N–H and O–H groups in total. The summed E-state index contributed by atoms with van der Waals surface area (Å²) in [5.74, 6) is -10.6. The standard InChI is InChI=1S/C29H28N2O8/c1-31(2)23-18-12-15-11-17-14(6-3-13-4-8-16(32)9-5-13)7-10-19(33)21(17)24(34)20(15)26(36)29(18,39)27(37)22(25(23)35)28(30)38/h3-10,15,18,20,22-23,32-33,39H,11-12H2,1-2H3,(H2,30,38)/b6-3+/t15-,18-,20?,22?,23-,29-/m1/s1. The zero-order chi connectivity index (χ0) is 28.4. The van der Waals surface area contributed by atoms with E-state index in [1.54, 1.807) is 44.4 Å². The van der Waals surface area contributed by atoms with Crippen molar-refractivity contribution in [3.8, 4) is 11.5 Å². The van der Waals surface area contributed by atoms with Crippen molar-refractivity contribution in [2.24, 2.45) is 29.4 Å². The first kappa shape index (κ1) is 26.5. The van der Waals surface area contributed by atoms with Gasteiger partial charge in [0.2, 0.25) is 5.91 Å². The Morgan fingerprint density at radius 2 is 1.67 bits per heavy atom. The fourth-order valence-corrected chi connectivity index (χ4v) is 6.56. The Morgan fingerprint density at radius 1 is 1.00 bits per heavy atom. The summed E-state index contributed by atoms with van der Waals surface area (Å²) in [5, 5.41) is 31.8. The predicted molar refractivity (Wildman–Crippen MR) is 138 cm³/mol. The van der Waals surface area contributed by atoms with E-state index < -0.39 is 64.4 Å². The van der Waals surface area contributed by atoms with Crippen molar-refractivity contribution in [3.63, 3.8) is 0 Å². The molecule has 10 heteroatoms. The molecule has 2 fully saturated rings. The molecule has 2 saturated carbocycles. The molecule has 3 aliphatic carbocycles. The van der Waals surface area contributed by atoms with E-state index in [2.05, 4.69) is 0 Å². The highest BCUT2D eigenvalue weighted by molar-refractivity contribution is 6.32. The first-order chi connectivity index (χ1) is 18.4. The van der Waals surface area contributed by atoms with Gasteiger partial charge in [0.1, 0.15) is 11.5 Å². The molecule has 6 atom stereocenters. The number of ketones is 4. The van der Waals surface area contributed by atoms with Crippen LogP contribution in [-0.4, -0.2) is 75.0 Å². The van der Waals surface area contributed by atoms with Crippen LogP contribution in [0.25, 0.3) is 12.2 Å². The molecule has 5 rings (SSSR count). The zero-order valence-corrected chi connectivity index (χ0v) is 21.3. The Balaban J connectivity index is 1.59. The number of amides is 1. The van der Waals surface area contributed by atoms with Gasteiger partial charge in [0.15, 0.2) is 34.7 Å². The average Bonchev–Trinajstić information content (AvgIpc) is 2.86. The molecule has 0 spiro atoms. The van der Waals surface area contributed by atoms with Crippen molar-refractivity contribution < 1.29 is 39.3 Å². The average molecular weight is 533 g/mol. The van der Waals surface area contributed by atoms with E-state index in [0.717, 1.165) is 5.56 Å². The number of rotatable bonds is 4. The van der Waals surface area contributed by atoms with Gasteiger partial charge in [-0.3, -0.25) is 28.9 Å². The fraction of sp³-hybridized carbons (Fsp3) is 0.345. The highest BCUT2D eigenvalue weighted by Crippen LogP contribution is 2.51. The highest BCUT2D eigenvalue weighted by atomic mass is 16.3. The number of nitrogens with two attached hydrogens (primary N) is 1. The number of phenolic OH excluding ortho intramolecular Hbond substituents is 2. The number of carbonyl (C=O) groups excluding carboxylic acids is 5. The summed E-state index contributed by atoms with van der Waals surface area (Å²) in [7, 11) is 3.08. The molecule has 0 saturated heterocycles. The van der Waals surface area contributed by atoms with Gasteiger partial charge in [-0.25, -0.2) is 0 Å². The molecule has 10 nitrogen and oxygen atoms in total. The van der Waals surface area contributed by atoms with Gasteiger partial charge in [-0.15, -0.1) is 0 Å². The second kappa shape index (κ2) is 9.25. The molecule has 1 amide bonds. The number of phenols is 2. The number of aliphatic hydroxyl groups is 1. The second-order valence-electron chi connectivity index (χ2n) is 10.7. The minimum atomic E-state index is -2.75. The SMILES string of the molecule is CN(C)[C@H]1C(=O)C(C(N)=O)C(=O)[C@]2(O)C(=O)C3C(=O)c4c(O)ccc(/C=C/c5ccc(O)cc5)c4C[C@@H]3C[C@H]12. The quantitative estimate of drug-likeness (QED) is 0.327. The third-order valence-electron chi connectivity index (χ3n) is 8.33. The molecular weight excluding hydrogens is 504 g/mol. The summed E-state index contributed by atoms with van der Waals surface area (Å²) in [6.07, 6.45) is 3.70. The molecular formula is C29H28N2O8. The topological polar surface area (TPSA) is 175 Å². The summed E-state index contributed by atoms with van der Waals surface area (Å²) in [6, 6.07) is 8.32. The molecule has 2 unspecified atom stereocenters. The third kappa shape index (κ3) is 3.90. The van der Waals surface area contributed by atoms with E-state index in [-0.39, 0.29) is 29.9 Å². The predicted octanol–water partition coefficient (Wildman–Crippen LogP) is 0.743. The lowest BCUT2D eigenvalue weighted by Gasteiger charge is -2.52. The largest absolute Gasteiger partial charge is 0.508 e. The van der Waals surface area contributed by atoms with Gasteiger partial charge in [0.05, 0.1) is 17.5 Å². The maximum absolute atomic E-state index is 13.8. The Morgan fingerprint density at radius 3 is 2.28 bits per heavy atom. The Bertz CT molecular complexity index is 1460. The van der Waals surface area contributed by atoms with Crippen LogP contribution in [0.15, 0.2) is 36.4 Å². The van der Waals surface area contributed by atoms with Crippen molar-refractivity contribution in [2.75, 3.05) is 14.1 Å². The number of hydrogen-bond donors (Lipinski definition) is 4. The summed E-state index contributed by atoms with van der Waals surface area (Å²) in [5.41, 5.74) is 4.45. The van der Waals surface area contributed by atoms with Crippen LogP contribution in [0.5, 0.6) is 11.5 Å². The van der Waals surface area contributed by atoms with Crippen LogP contribution in [0, 0.1) is 23.7 Å². The van der Waals surface area contributed by atoms with Gasteiger partial charge in [-0.2, -0.15) is 0 Å². The molecule has 0 heterocycles. The van der Waals surface area contributed by atoms with Gasteiger partial charge in [-0.05, 0) is 67.7 Å². The summed E-state index contributed by atoms with van der Waals surface area (Å²) in [4.78, 5) is 67.6. The highest BCUT2D eigenvalue weighted by Gasteiger charge is 2.69. The Kier molecular flexibility index (Phi) is 6.27.